The van der Waals surface area contributed by atoms with Gasteiger partial charge in [-0.15, -0.1) is 11.3 Å². The Kier molecular flexibility index (Phi) is 5.63. The Hall–Kier alpha value is -2.20. The molecular weight excluding hydrogens is 412 g/mol. The first-order valence-corrected chi connectivity index (χ1v) is 8.81. The molecule has 3 N–H and O–H groups in total. The highest BCUT2D eigenvalue weighted by Crippen LogP contribution is 2.34. The molecule has 2 rings (SSSR count). The topological polar surface area (TPSA) is 116 Å². The monoisotopic (exact) mass is 428 g/mol. The summed E-state index contributed by atoms with van der Waals surface area (Å²) in [4.78, 5) is 36.3. The number of nitrogens with one attached hydrogen (secondary N) is 1. The van der Waals surface area contributed by atoms with Gasteiger partial charge in [-0.25, -0.2) is 4.79 Å². The predicted octanol–water partition coefficient (Wildman–Crippen LogP) is 2.41. The number of nitrogens with two attached hydrogens (primary N) is 1. The first-order chi connectivity index (χ1) is 11.7. The van der Waals surface area contributed by atoms with Crippen molar-refractivity contribution in [3.05, 3.63) is 32.4 Å². The van der Waals surface area contributed by atoms with Crippen molar-refractivity contribution in [2.45, 2.75) is 26.8 Å². The van der Waals surface area contributed by atoms with Crippen LogP contribution in [0.4, 0.5) is 5.00 Å². The summed E-state index contributed by atoms with van der Waals surface area (Å²) in [5, 5.41) is 7.04. The summed E-state index contributed by atoms with van der Waals surface area (Å²) in [6.07, 6.45) is 1.60. The predicted molar refractivity (Wildman–Crippen MR) is 96.9 cm³/mol. The van der Waals surface area contributed by atoms with Gasteiger partial charge in [0, 0.05) is 0 Å². The minimum Gasteiger partial charge on any atom is -0.465 e. The smallest absolute Gasteiger partial charge is 0.341 e. The summed E-state index contributed by atoms with van der Waals surface area (Å²) in [5.41, 5.74) is 6.62. The molecule has 0 fully saturated rings. The van der Waals surface area contributed by atoms with Crippen molar-refractivity contribution in [3.63, 3.8) is 0 Å². The summed E-state index contributed by atoms with van der Waals surface area (Å²) in [6, 6.07) is -0.628. The van der Waals surface area contributed by atoms with Crippen LogP contribution < -0.4 is 11.1 Å². The number of halogens is 1. The van der Waals surface area contributed by atoms with Crippen molar-refractivity contribution in [1.29, 1.82) is 0 Å². The van der Waals surface area contributed by atoms with Gasteiger partial charge in [-0.3, -0.25) is 14.3 Å². The molecule has 0 aromatic carbocycles. The average Bonchev–Trinajstić information content (AvgIpc) is 3.06. The van der Waals surface area contributed by atoms with Crippen LogP contribution in [0, 0.1) is 13.8 Å². The molecule has 2 aromatic rings. The van der Waals surface area contributed by atoms with E-state index >= 15 is 0 Å². The summed E-state index contributed by atoms with van der Waals surface area (Å²) in [5.74, 6) is -1.71. The second-order valence-corrected chi connectivity index (χ2v) is 7.18. The first kappa shape index (κ1) is 19.1. The van der Waals surface area contributed by atoms with E-state index in [1.807, 2.05) is 6.92 Å². The quantitative estimate of drug-likeness (QED) is 0.709. The zero-order valence-corrected chi connectivity index (χ0v) is 16.4. The molecule has 0 radical (unpaired) electrons. The number of hydrogen-bond acceptors (Lipinski definition) is 6. The Morgan fingerprint density at radius 1 is 1.40 bits per heavy atom. The molecule has 134 valence electrons. The third-order valence-corrected chi connectivity index (χ3v) is 5.73. The van der Waals surface area contributed by atoms with Crippen LogP contribution in [0.25, 0.3) is 0 Å². The normalized spacial score (nSPS) is 11.9. The molecular formula is C15H17BrN4O4S. The number of methoxy groups -OCH3 is 1. The van der Waals surface area contributed by atoms with E-state index in [2.05, 4.69) is 26.3 Å². The minimum absolute atomic E-state index is 0.125. The van der Waals surface area contributed by atoms with Gasteiger partial charge in [0.25, 0.3) is 5.91 Å². The number of amides is 2. The van der Waals surface area contributed by atoms with Crippen LogP contribution in [0.1, 0.15) is 44.3 Å². The van der Waals surface area contributed by atoms with E-state index < -0.39 is 17.9 Å². The molecule has 0 aliphatic rings. The number of hydrogen-bond donors (Lipinski definition) is 2. The minimum atomic E-state index is -0.673. The number of esters is 1. The Morgan fingerprint density at radius 2 is 2.04 bits per heavy atom. The Labute approximate surface area is 156 Å². The number of nitrogens with zero attached hydrogens (tertiary/aromatic N) is 2. The number of ether oxygens (including phenoxy) is 1. The summed E-state index contributed by atoms with van der Waals surface area (Å²) < 4.78 is 7.07. The highest BCUT2D eigenvalue weighted by Gasteiger charge is 2.27. The highest BCUT2D eigenvalue weighted by atomic mass is 79.9. The van der Waals surface area contributed by atoms with Crippen LogP contribution >= 0.6 is 27.3 Å². The van der Waals surface area contributed by atoms with Gasteiger partial charge in [0.05, 0.1) is 33.9 Å². The van der Waals surface area contributed by atoms with E-state index in [1.54, 1.807) is 24.7 Å². The van der Waals surface area contributed by atoms with Gasteiger partial charge in [-0.05, 0) is 42.3 Å². The van der Waals surface area contributed by atoms with E-state index in [9.17, 15) is 14.4 Å². The number of carbonyl (C=O) groups excluding carboxylic acids is 3. The van der Waals surface area contributed by atoms with Crippen LogP contribution in [0.15, 0.2) is 10.7 Å². The molecule has 2 aromatic heterocycles. The van der Waals surface area contributed by atoms with Crippen molar-refractivity contribution >= 4 is 50.1 Å². The Bertz CT molecular complexity index is 858. The molecule has 0 bridgehead atoms. The van der Waals surface area contributed by atoms with Crippen LogP contribution in [0.2, 0.25) is 0 Å². The van der Waals surface area contributed by atoms with E-state index in [4.69, 9.17) is 10.5 Å². The maximum absolute atomic E-state index is 12.6. The lowest BCUT2D eigenvalue weighted by atomic mass is 10.1. The standard InChI is InChI=1S/C15H17BrN4O4S/c1-6-10(15(23)24-4)14(25-11(6)12(17)21)19-13(22)8(3)20-7(2)9(16)5-18-20/h5,8H,1-4H3,(H2,17,21)(H,19,22). The molecule has 0 aliphatic heterocycles. The van der Waals surface area contributed by atoms with Gasteiger partial charge in [-0.2, -0.15) is 5.10 Å². The lowest BCUT2D eigenvalue weighted by Crippen LogP contribution is -2.25. The summed E-state index contributed by atoms with van der Waals surface area (Å²) in [7, 11) is 1.22. The van der Waals surface area contributed by atoms with Crippen LogP contribution in [0.5, 0.6) is 0 Å². The molecule has 1 unspecified atom stereocenters. The number of thiophene rings is 1. The fraction of sp³-hybridized carbons (Fsp3) is 0.333. The fourth-order valence-electron chi connectivity index (χ4n) is 2.30. The fourth-order valence-corrected chi connectivity index (χ4v) is 3.63. The SMILES string of the molecule is COC(=O)c1c(NC(=O)C(C)n2ncc(Br)c2C)sc(C(N)=O)c1C. The van der Waals surface area contributed by atoms with E-state index in [0.717, 1.165) is 21.5 Å². The van der Waals surface area contributed by atoms with Gasteiger partial charge in [0.2, 0.25) is 5.91 Å². The van der Waals surface area contributed by atoms with Crippen molar-refractivity contribution < 1.29 is 19.1 Å². The van der Waals surface area contributed by atoms with Crippen molar-refractivity contribution in [2.24, 2.45) is 5.73 Å². The number of primary amides is 1. The summed E-state index contributed by atoms with van der Waals surface area (Å²) >= 11 is 4.29. The molecule has 0 saturated carbocycles. The molecule has 1 atom stereocenters. The zero-order valence-electron chi connectivity index (χ0n) is 14.0. The van der Waals surface area contributed by atoms with Gasteiger partial charge < -0.3 is 15.8 Å². The summed E-state index contributed by atoms with van der Waals surface area (Å²) in [6.45, 7) is 5.08. The highest BCUT2D eigenvalue weighted by molar-refractivity contribution is 9.10. The van der Waals surface area contributed by atoms with Crippen molar-refractivity contribution in [3.8, 4) is 0 Å². The molecule has 0 aliphatic carbocycles. The van der Waals surface area contributed by atoms with Gasteiger partial charge >= 0.3 is 5.97 Å². The van der Waals surface area contributed by atoms with Crippen LogP contribution in [-0.2, 0) is 9.53 Å². The average molecular weight is 429 g/mol. The van der Waals surface area contributed by atoms with Gasteiger partial charge in [-0.1, -0.05) is 0 Å². The largest absolute Gasteiger partial charge is 0.465 e. The first-order valence-electron chi connectivity index (χ1n) is 7.21. The van der Waals surface area contributed by atoms with E-state index in [-0.39, 0.29) is 21.3 Å². The van der Waals surface area contributed by atoms with Crippen LogP contribution in [-0.4, -0.2) is 34.7 Å². The zero-order chi connectivity index (χ0) is 18.9. The second-order valence-electron chi connectivity index (χ2n) is 5.30. The van der Waals surface area contributed by atoms with E-state index in [0.29, 0.717) is 5.56 Å². The third-order valence-electron chi connectivity index (χ3n) is 3.73. The number of anilines is 1. The Morgan fingerprint density at radius 3 is 2.52 bits per heavy atom. The lowest BCUT2D eigenvalue weighted by molar-refractivity contribution is -0.119. The lowest BCUT2D eigenvalue weighted by Gasteiger charge is -2.14. The maximum Gasteiger partial charge on any atom is 0.341 e. The third kappa shape index (κ3) is 3.59. The maximum atomic E-state index is 12.6. The molecule has 0 saturated heterocycles. The van der Waals surface area contributed by atoms with Crippen LogP contribution in [0.3, 0.4) is 0 Å². The van der Waals surface area contributed by atoms with Crippen molar-refractivity contribution in [1.82, 2.24) is 9.78 Å². The molecule has 2 heterocycles. The molecule has 25 heavy (non-hydrogen) atoms. The molecule has 8 nitrogen and oxygen atoms in total. The number of aromatic nitrogens is 2. The van der Waals surface area contributed by atoms with Gasteiger partial charge in [0.15, 0.2) is 0 Å². The molecule has 10 heteroatoms. The van der Waals surface area contributed by atoms with Crippen molar-refractivity contribution in [2.75, 3.05) is 12.4 Å². The number of carbonyl (C=O) groups is 3. The molecule has 2 amide bonds. The number of rotatable bonds is 5. The Balaban J connectivity index is 2.37. The van der Waals surface area contributed by atoms with E-state index in [1.165, 1.54) is 7.11 Å². The molecule has 0 spiro atoms. The second kappa shape index (κ2) is 7.36. The van der Waals surface area contributed by atoms with Gasteiger partial charge in [0.1, 0.15) is 11.0 Å².